The highest BCUT2D eigenvalue weighted by atomic mass is 27.1. The normalized spacial score (nSPS) is 9.08. The van der Waals surface area contributed by atoms with Gasteiger partial charge in [-0.2, -0.15) is 0 Å². The Morgan fingerprint density at radius 2 is 1.00 bits per heavy atom. The molecule has 72 valence electrons. The lowest BCUT2D eigenvalue weighted by molar-refractivity contribution is 0.378. The molecule has 0 bridgehead atoms. The smallest absolute Gasteiger partial charge is 0.430 e. The Balaban J connectivity index is 0.000000671. The SMILES string of the molecule is Fc1cc(F)c(F)c(F)c1F.[F][AlH2]. The predicted octanol–water partition coefficient (Wildman–Crippen LogP) is 1.89. The second kappa shape index (κ2) is 5.15. The van der Waals surface area contributed by atoms with E-state index >= 15 is 0 Å². The maximum atomic E-state index is 12.0. The fourth-order valence-electron chi connectivity index (χ4n) is 0.544. The van der Waals surface area contributed by atoms with E-state index in [2.05, 4.69) is 0 Å². The molecular weight excluding hydrogens is 213 g/mol. The summed E-state index contributed by atoms with van der Waals surface area (Å²) >= 11 is -0.194. The second-order valence-electron chi connectivity index (χ2n) is 1.78. The van der Waals surface area contributed by atoms with Gasteiger partial charge in [-0.25, -0.2) is 22.0 Å². The van der Waals surface area contributed by atoms with Gasteiger partial charge in [0.05, 0.1) is 0 Å². The topological polar surface area (TPSA) is 0 Å². The van der Waals surface area contributed by atoms with Crippen molar-refractivity contribution >= 4 is 16.7 Å². The molecule has 1 aromatic carbocycles. The summed E-state index contributed by atoms with van der Waals surface area (Å²) in [5.74, 6) is -9.65. The molecule has 0 N–H and O–H groups in total. The molecule has 0 aliphatic heterocycles. The molecule has 0 unspecified atom stereocenters. The Bertz CT molecular complexity index is 273. The standard InChI is InChI=1S/C6HF5.Al.FH.2H/c7-2-1-3(8)5(10)6(11)4(2)9;;;;/h1H;;1H;;/q;+1;;;/p-1. The van der Waals surface area contributed by atoms with Crippen molar-refractivity contribution in [3.8, 4) is 0 Å². The molecule has 0 aromatic heterocycles. The van der Waals surface area contributed by atoms with Crippen LogP contribution in [-0.2, 0) is 0 Å². The number of halogens is 6. The molecule has 0 spiro atoms. The van der Waals surface area contributed by atoms with Gasteiger partial charge in [-0.1, -0.05) is 0 Å². The van der Waals surface area contributed by atoms with Crippen LogP contribution in [0.1, 0.15) is 0 Å². The molecule has 13 heavy (non-hydrogen) atoms. The number of hydrogen-bond acceptors (Lipinski definition) is 0. The van der Waals surface area contributed by atoms with Gasteiger partial charge < -0.3 is 3.52 Å². The maximum Gasteiger partial charge on any atom is 0.472 e. The number of rotatable bonds is 0. The van der Waals surface area contributed by atoms with E-state index in [4.69, 9.17) is 0 Å². The van der Waals surface area contributed by atoms with Crippen molar-refractivity contribution < 1.29 is 25.5 Å². The zero-order chi connectivity index (χ0) is 10.6. The average molecular weight is 216 g/mol. The molecule has 0 heterocycles. The van der Waals surface area contributed by atoms with Crippen molar-refractivity contribution in [3.63, 3.8) is 0 Å². The van der Waals surface area contributed by atoms with Gasteiger partial charge in [-0.3, -0.25) is 0 Å². The fraction of sp³-hybridized carbons (Fsp3) is 0. The van der Waals surface area contributed by atoms with Crippen molar-refractivity contribution in [1.29, 1.82) is 0 Å². The van der Waals surface area contributed by atoms with Gasteiger partial charge in [-0.05, 0) is 0 Å². The van der Waals surface area contributed by atoms with Crippen LogP contribution in [0.3, 0.4) is 0 Å². The van der Waals surface area contributed by atoms with Gasteiger partial charge in [0.15, 0.2) is 23.3 Å². The lowest BCUT2D eigenvalue weighted by Crippen LogP contribution is -1.98. The van der Waals surface area contributed by atoms with E-state index in [-0.39, 0.29) is 22.8 Å². The zero-order valence-electron chi connectivity index (χ0n) is 6.35. The molecule has 0 fully saturated rings. The van der Waals surface area contributed by atoms with Crippen LogP contribution in [0.5, 0.6) is 0 Å². The first-order valence-corrected chi connectivity index (χ1v) is 3.66. The van der Waals surface area contributed by atoms with Crippen molar-refractivity contribution in [2.24, 2.45) is 0 Å². The second-order valence-corrected chi connectivity index (χ2v) is 1.78. The van der Waals surface area contributed by atoms with Gasteiger partial charge in [0, 0.05) is 6.07 Å². The third-order valence-electron chi connectivity index (χ3n) is 1.06. The van der Waals surface area contributed by atoms with Crippen LogP contribution in [-0.4, -0.2) is 16.7 Å². The third-order valence-corrected chi connectivity index (χ3v) is 1.06. The lowest BCUT2D eigenvalue weighted by atomic mass is 10.3. The van der Waals surface area contributed by atoms with Crippen LogP contribution in [0.15, 0.2) is 6.07 Å². The predicted molar refractivity (Wildman–Crippen MR) is 35.9 cm³/mol. The monoisotopic (exact) mass is 216 g/mol. The molecule has 0 nitrogen and oxygen atoms in total. The van der Waals surface area contributed by atoms with Crippen LogP contribution in [0, 0.1) is 29.1 Å². The van der Waals surface area contributed by atoms with E-state index in [9.17, 15) is 25.5 Å². The van der Waals surface area contributed by atoms with E-state index < -0.39 is 29.1 Å². The van der Waals surface area contributed by atoms with Gasteiger partial charge in [0.2, 0.25) is 5.82 Å². The average Bonchev–Trinajstić information content (AvgIpc) is 2.15. The van der Waals surface area contributed by atoms with E-state index in [1.165, 1.54) is 0 Å². The summed E-state index contributed by atoms with van der Waals surface area (Å²) in [6.07, 6.45) is 0. The van der Waals surface area contributed by atoms with Gasteiger partial charge in [0.1, 0.15) is 0 Å². The van der Waals surface area contributed by atoms with Crippen molar-refractivity contribution in [2.75, 3.05) is 0 Å². The molecule has 0 amide bonds. The minimum absolute atomic E-state index is 0.0618. The fourth-order valence-corrected chi connectivity index (χ4v) is 0.544. The molecule has 7 heteroatoms. The summed E-state index contributed by atoms with van der Waals surface area (Å²) in [6, 6.07) is -0.0618. The highest BCUT2D eigenvalue weighted by Crippen LogP contribution is 2.16. The van der Waals surface area contributed by atoms with E-state index in [1.54, 1.807) is 0 Å². The Morgan fingerprint density at radius 1 is 0.692 bits per heavy atom. The Labute approximate surface area is 78.1 Å². The molecule has 1 rings (SSSR count). The molecule has 0 saturated heterocycles. The highest BCUT2D eigenvalue weighted by molar-refractivity contribution is 5.96. The third kappa shape index (κ3) is 2.64. The van der Waals surface area contributed by atoms with Crippen molar-refractivity contribution in [3.05, 3.63) is 35.2 Å². The van der Waals surface area contributed by atoms with Crippen LogP contribution in [0.2, 0.25) is 0 Å². The zero-order valence-corrected chi connectivity index (χ0v) is 8.35. The summed E-state index contributed by atoms with van der Waals surface area (Å²) in [4.78, 5) is 0. The van der Waals surface area contributed by atoms with Crippen LogP contribution in [0.4, 0.5) is 25.5 Å². The molecule has 0 atom stereocenters. The van der Waals surface area contributed by atoms with E-state index in [0.717, 1.165) is 0 Å². The summed E-state index contributed by atoms with van der Waals surface area (Å²) in [5, 5.41) is 0. The first-order valence-electron chi connectivity index (χ1n) is 2.90. The summed E-state index contributed by atoms with van der Waals surface area (Å²) in [7, 11) is 0. The summed E-state index contributed by atoms with van der Waals surface area (Å²) < 4.78 is 69.7. The lowest BCUT2D eigenvalue weighted by Gasteiger charge is -1.96. The summed E-state index contributed by atoms with van der Waals surface area (Å²) in [5.41, 5.74) is 0. The largest absolute Gasteiger partial charge is 0.472 e. The highest BCUT2D eigenvalue weighted by Gasteiger charge is 2.18. The molecule has 0 aliphatic carbocycles. The molecule has 0 saturated carbocycles. The Kier molecular flexibility index (Phi) is 4.88. The van der Waals surface area contributed by atoms with Gasteiger partial charge in [0.25, 0.3) is 0 Å². The van der Waals surface area contributed by atoms with Gasteiger partial charge in [-0.15, -0.1) is 0 Å². The molecule has 0 aliphatic rings. The minimum atomic E-state index is -2.14. The van der Waals surface area contributed by atoms with E-state index in [1.807, 2.05) is 0 Å². The minimum Gasteiger partial charge on any atom is -0.430 e. The van der Waals surface area contributed by atoms with Crippen LogP contribution >= 0.6 is 0 Å². The van der Waals surface area contributed by atoms with E-state index in [0.29, 0.717) is 0 Å². The van der Waals surface area contributed by atoms with Crippen LogP contribution < -0.4 is 0 Å². The quantitative estimate of drug-likeness (QED) is 0.269. The molecular formula is C6H3AlF6. The van der Waals surface area contributed by atoms with Crippen molar-refractivity contribution in [1.82, 2.24) is 0 Å². The Hall–Kier alpha value is -0.668. The Morgan fingerprint density at radius 3 is 1.31 bits per heavy atom. The van der Waals surface area contributed by atoms with Gasteiger partial charge >= 0.3 is 16.7 Å². The number of hydrogen-bond donors (Lipinski definition) is 0. The first kappa shape index (κ1) is 12.3. The maximum absolute atomic E-state index is 12.0. The molecule has 0 radical (unpaired) electrons. The first-order chi connectivity index (χ1) is 6.04. The summed E-state index contributed by atoms with van der Waals surface area (Å²) in [6.45, 7) is 0. The van der Waals surface area contributed by atoms with Crippen LogP contribution in [0.25, 0.3) is 0 Å². The van der Waals surface area contributed by atoms with Crippen molar-refractivity contribution in [2.45, 2.75) is 0 Å². The number of benzene rings is 1. The molecule has 1 aromatic rings.